The quantitative estimate of drug-likeness (QED) is 0.631. The molecule has 6 nitrogen and oxygen atoms in total. The number of aryl methyl sites for hydroxylation is 1. The fourth-order valence-electron chi connectivity index (χ4n) is 2.72. The minimum absolute atomic E-state index is 0.285. The van der Waals surface area contributed by atoms with Crippen LogP contribution in [0.25, 0.3) is 0 Å². The van der Waals surface area contributed by atoms with Crippen LogP contribution in [0, 0.1) is 13.8 Å². The summed E-state index contributed by atoms with van der Waals surface area (Å²) in [7, 11) is 0. The molecule has 1 amide bonds. The van der Waals surface area contributed by atoms with Crippen LogP contribution in [0.15, 0.2) is 30.5 Å². The minimum Gasteiger partial charge on any atom is -0.306 e. The van der Waals surface area contributed by atoms with E-state index in [9.17, 15) is 4.79 Å². The maximum Gasteiger partial charge on any atom is 0.250 e. The van der Waals surface area contributed by atoms with E-state index >= 15 is 0 Å². The molecule has 0 fully saturated rings. The molecule has 142 valence electrons. The average molecular weight is 427 g/mol. The lowest BCUT2D eigenvalue weighted by atomic mass is 10.2. The van der Waals surface area contributed by atoms with Crippen molar-refractivity contribution >= 4 is 46.5 Å². The Morgan fingerprint density at radius 3 is 2.48 bits per heavy atom. The number of nitrogens with one attached hydrogen (secondary N) is 1. The van der Waals surface area contributed by atoms with E-state index in [4.69, 9.17) is 34.8 Å². The summed E-state index contributed by atoms with van der Waals surface area (Å²) in [6.45, 7) is 5.79. The number of hydrogen-bond acceptors (Lipinski definition) is 3. The van der Waals surface area contributed by atoms with Gasteiger partial charge >= 0.3 is 0 Å². The van der Waals surface area contributed by atoms with Gasteiger partial charge in [-0.3, -0.25) is 14.2 Å². The molecular formula is C18H18Cl3N5O. The van der Waals surface area contributed by atoms with Crippen LogP contribution >= 0.6 is 34.8 Å². The lowest BCUT2D eigenvalue weighted by Crippen LogP contribution is -2.25. The van der Waals surface area contributed by atoms with Crippen molar-refractivity contribution in [1.29, 1.82) is 0 Å². The van der Waals surface area contributed by atoms with Gasteiger partial charge in [0.2, 0.25) is 5.91 Å². The van der Waals surface area contributed by atoms with Gasteiger partial charge in [-0.2, -0.15) is 10.2 Å². The number of carbonyl (C=O) groups is 1. The van der Waals surface area contributed by atoms with Crippen LogP contribution in [0.5, 0.6) is 0 Å². The normalized spacial score (nSPS) is 12.2. The molecule has 0 aliphatic rings. The van der Waals surface area contributed by atoms with Gasteiger partial charge in [-0.15, -0.1) is 0 Å². The number of hydrogen-bond donors (Lipinski definition) is 1. The van der Waals surface area contributed by atoms with Gasteiger partial charge in [0.15, 0.2) is 5.82 Å². The van der Waals surface area contributed by atoms with E-state index in [1.54, 1.807) is 29.4 Å². The largest absolute Gasteiger partial charge is 0.306 e. The van der Waals surface area contributed by atoms with Crippen LogP contribution < -0.4 is 5.32 Å². The van der Waals surface area contributed by atoms with Gasteiger partial charge in [0.05, 0.1) is 23.0 Å². The monoisotopic (exact) mass is 425 g/mol. The molecule has 0 bridgehead atoms. The van der Waals surface area contributed by atoms with Crippen LogP contribution in [-0.2, 0) is 11.3 Å². The molecule has 0 saturated heterocycles. The summed E-state index contributed by atoms with van der Waals surface area (Å²) in [5.41, 5.74) is 2.31. The predicted molar refractivity (Wildman–Crippen MR) is 108 cm³/mol. The van der Waals surface area contributed by atoms with Gasteiger partial charge < -0.3 is 5.32 Å². The summed E-state index contributed by atoms with van der Waals surface area (Å²) in [6, 6.07) is 6.91. The smallest absolute Gasteiger partial charge is 0.250 e. The van der Waals surface area contributed by atoms with E-state index in [2.05, 4.69) is 15.5 Å². The van der Waals surface area contributed by atoms with E-state index in [0.717, 1.165) is 11.3 Å². The molecule has 9 heteroatoms. The molecule has 0 aliphatic carbocycles. The Kier molecular flexibility index (Phi) is 5.79. The molecule has 0 aliphatic heterocycles. The summed E-state index contributed by atoms with van der Waals surface area (Å²) in [5.74, 6) is -0.00430. The number of aromatic nitrogens is 4. The molecule has 1 N–H and O–H groups in total. The number of benzene rings is 1. The van der Waals surface area contributed by atoms with Crippen LogP contribution in [-0.4, -0.2) is 25.5 Å². The fourth-order valence-corrected chi connectivity index (χ4v) is 3.23. The number of nitrogens with zero attached hydrogens (tertiary/aromatic N) is 4. The topological polar surface area (TPSA) is 64.7 Å². The summed E-state index contributed by atoms with van der Waals surface area (Å²) >= 11 is 18.6. The van der Waals surface area contributed by atoms with Gasteiger partial charge in [0.1, 0.15) is 11.1 Å². The Balaban J connectivity index is 1.75. The molecule has 1 aromatic carbocycles. The molecule has 0 radical (unpaired) electrons. The zero-order valence-electron chi connectivity index (χ0n) is 15.0. The van der Waals surface area contributed by atoms with Crippen LogP contribution in [0.4, 0.5) is 5.82 Å². The Labute approximate surface area is 172 Å². The third kappa shape index (κ3) is 4.13. The molecular weight excluding hydrogens is 409 g/mol. The lowest BCUT2D eigenvalue weighted by molar-refractivity contribution is -0.119. The second kappa shape index (κ2) is 7.92. The molecule has 27 heavy (non-hydrogen) atoms. The number of anilines is 1. The average Bonchev–Trinajstić information content (AvgIpc) is 3.10. The second-order valence-corrected chi connectivity index (χ2v) is 7.40. The van der Waals surface area contributed by atoms with Crippen molar-refractivity contribution in [2.24, 2.45) is 0 Å². The molecule has 0 saturated carbocycles. The molecule has 2 heterocycles. The maximum atomic E-state index is 12.6. The molecule has 2 aromatic heterocycles. The first kappa shape index (κ1) is 19.7. The molecule has 3 aromatic rings. The Hall–Kier alpha value is -2.02. The van der Waals surface area contributed by atoms with Crippen molar-refractivity contribution in [1.82, 2.24) is 19.6 Å². The van der Waals surface area contributed by atoms with Crippen molar-refractivity contribution in [3.63, 3.8) is 0 Å². The summed E-state index contributed by atoms with van der Waals surface area (Å²) in [6.07, 6.45) is 1.64. The van der Waals surface area contributed by atoms with Crippen molar-refractivity contribution in [3.8, 4) is 0 Å². The first-order valence-electron chi connectivity index (χ1n) is 8.26. The molecule has 1 atom stereocenters. The highest BCUT2D eigenvalue weighted by Crippen LogP contribution is 2.25. The SMILES string of the molecule is Cc1nn(C(C)C(=O)Nc2nn(Cc3ccccc3Cl)cc2Cl)c(C)c1Cl. The number of rotatable bonds is 5. The highest BCUT2D eigenvalue weighted by Gasteiger charge is 2.22. The van der Waals surface area contributed by atoms with Crippen molar-refractivity contribution in [3.05, 3.63) is 62.5 Å². The van der Waals surface area contributed by atoms with Gasteiger partial charge in [-0.25, -0.2) is 0 Å². The standard InChI is InChI=1S/C18H18Cl3N5O/c1-10-16(21)11(2)26(23-10)12(3)18(27)22-17-15(20)9-25(24-17)8-13-6-4-5-7-14(13)19/h4-7,9,12H,8H2,1-3H3,(H,22,24,27). The Morgan fingerprint density at radius 2 is 1.85 bits per heavy atom. The van der Waals surface area contributed by atoms with Crippen molar-refractivity contribution in [2.45, 2.75) is 33.4 Å². The van der Waals surface area contributed by atoms with E-state index in [1.165, 1.54) is 0 Å². The van der Waals surface area contributed by atoms with E-state index < -0.39 is 6.04 Å². The third-order valence-corrected chi connectivity index (χ3v) is 5.42. The van der Waals surface area contributed by atoms with Gasteiger partial charge in [0, 0.05) is 11.2 Å². The molecule has 1 unspecified atom stereocenters. The number of halogens is 3. The van der Waals surface area contributed by atoms with E-state index in [-0.39, 0.29) is 11.7 Å². The maximum absolute atomic E-state index is 12.6. The van der Waals surface area contributed by atoms with Crippen molar-refractivity contribution < 1.29 is 4.79 Å². The zero-order valence-corrected chi connectivity index (χ0v) is 17.3. The van der Waals surface area contributed by atoms with E-state index in [0.29, 0.717) is 27.3 Å². The highest BCUT2D eigenvalue weighted by atomic mass is 35.5. The van der Waals surface area contributed by atoms with Crippen molar-refractivity contribution in [2.75, 3.05) is 5.32 Å². The fraction of sp³-hybridized carbons (Fsp3) is 0.278. The van der Waals surface area contributed by atoms with Crippen LogP contribution in [0.1, 0.15) is 29.9 Å². The van der Waals surface area contributed by atoms with Gasteiger partial charge in [-0.1, -0.05) is 53.0 Å². The van der Waals surface area contributed by atoms with Gasteiger partial charge in [-0.05, 0) is 32.4 Å². The lowest BCUT2D eigenvalue weighted by Gasteiger charge is -2.13. The van der Waals surface area contributed by atoms with Crippen LogP contribution in [0.2, 0.25) is 15.1 Å². The van der Waals surface area contributed by atoms with Crippen LogP contribution in [0.3, 0.4) is 0 Å². The number of amides is 1. The molecule has 0 spiro atoms. The zero-order chi connectivity index (χ0) is 19.7. The first-order chi connectivity index (χ1) is 12.8. The predicted octanol–water partition coefficient (Wildman–Crippen LogP) is 4.90. The highest BCUT2D eigenvalue weighted by molar-refractivity contribution is 6.33. The third-order valence-electron chi connectivity index (χ3n) is 4.23. The summed E-state index contributed by atoms with van der Waals surface area (Å²) < 4.78 is 3.21. The second-order valence-electron chi connectivity index (χ2n) is 6.21. The first-order valence-corrected chi connectivity index (χ1v) is 9.39. The van der Waals surface area contributed by atoms with Gasteiger partial charge in [0.25, 0.3) is 0 Å². The number of carbonyl (C=O) groups excluding carboxylic acids is 1. The summed E-state index contributed by atoms with van der Waals surface area (Å²) in [5, 5.41) is 12.9. The Morgan fingerprint density at radius 1 is 1.15 bits per heavy atom. The minimum atomic E-state index is -0.569. The van der Waals surface area contributed by atoms with E-state index in [1.807, 2.05) is 31.2 Å². The molecule has 3 rings (SSSR count). The Bertz CT molecular complexity index is 995. The summed E-state index contributed by atoms with van der Waals surface area (Å²) in [4.78, 5) is 12.6.